The van der Waals surface area contributed by atoms with Crippen molar-refractivity contribution in [3.8, 4) is 0 Å². The summed E-state index contributed by atoms with van der Waals surface area (Å²) in [5, 5.41) is 9.20. The van der Waals surface area contributed by atoms with Crippen molar-refractivity contribution in [3.63, 3.8) is 0 Å². The predicted molar refractivity (Wildman–Crippen MR) is 105 cm³/mol. The van der Waals surface area contributed by atoms with E-state index >= 15 is 0 Å². The topological polar surface area (TPSA) is 51.0 Å². The van der Waals surface area contributed by atoms with Crippen LogP contribution in [0.5, 0.6) is 0 Å². The molecule has 0 aliphatic rings. The average molecular weight is 366 g/mol. The number of hydrogen-bond acceptors (Lipinski definition) is 4. The summed E-state index contributed by atoms with van der Waals surface area (Å²) < 4.78 is 2.05. The molecule has 2 aromatic carbocycles. The summed E-state index contributed by atoms with van der Waals surface area (Å²) in [5.74, 6) is 1.24. The maximum absolute atomic E-state index is 12.7. The van der Waals surface area contributed by atoms with Crippen LogP contribution >= 0.6 is 11.8 Å². The van der Waals surface area contributed by atoms with Gasteiger partial charge in [0.05, 0.1) is 12.3 Å². The monoisotopic (exact) mass is 366 g/mol. The van der Waals surface area contributed by atoms with Crippen molar-refractivity contribution >= 4 is 23.4 Å². The molecule has 0 saturated carbocycles. The van der Waals surface area contributed by atoms with E-state index in [1.54, 1.807) is 4.90 Å². The SMILES string of the molecule is CCN(C(=O)CSc1nnc(C)n1Cc1ccccc1)c1ccccc1. The standard InChI is InChI=1S/C20H22N4OS/c1-3-23(18-12-8-5-9-13-18)19(25)15-26-20-22-21-16(2)24(20)14-17-10-6-4-7-11-17/h4-13H,3,14-15H2,1-2H3. The van der Waals surface area contributed by atoms with Crippen LogP contribution in [0.3, 0.4) is 0 Å². The number of hydrogen-bond donors (Lipinski definition) is 0. The van der Waals surface area contributed by atoms with E-state index < -0.39 is 0 Å². The van der Waals surface area contributed by atoms with Crippen LogP contribution in [0.4, 0.5) is 5.69 Å². The van der Waals surface area contributed by atoms with Gasteiger partial charge in [-0.25, -0.2) is 0 Å². The molecule has 0 fully saturated rings. The van der Waals surface area contributed by atoms with E-state index in [1.165, 1.54) is 17.3 Å². The third-order valence-corrected chi connectivity index (χ3v) is 5.05. The first-order valence-electron chi connectivity index (χ1n) is 8.61. The van der Waals surface area contributed by atoms with Gasteiger partial charge < -0.3 is 9.47 Å². The fourth-order valence-electron chi connectivity index (χ4n) is 2.73. The lowest BCUT2D eigenvalue weighted by Gasteiger charge is -2.20. The highest BCUT2D eigenvalue weighted by molar-refractivity contribution is 7.99. The van der Waals surface area contributed by atoms with E-state index in [1.807, 2.05) is 66.9 Å². The van der Waals surface area contributed by atoms with Crippen LogP contribution in [-0.2, 0) is 11.3 Å². The van der Waals surface area contributed by atoms with E-state index in [4.69, 9.17) is 0 Å². The summed E-state index contributed by atoms with van der Waals surface area (Å²) in [4.78, 5) is 14.5. The number of aromatic nitrogens is 3. The Morgan fingerprint density at radius 2 is 1.69 bits per heavy atom. The fraction of sp³-hybridized carbons (Fsp3) is 0.250. The van der Waals surface area contributed by atoms with Gasteiger partial charge in [0.15, 0.2) is 5.16 Å². The molecule has 0 unspecified atom stereocenters. The van der Waals surface area contributed by atoms with Gasteiger partial charge in [0.25, 0.3) is 0 Å². The molecule has 134 valence electrons. The second kappa shape index (κ2) is 8.67. The number of carbonyl (C=O) groups excluding carboxylic acids is 1. The molecule has 1 amide bonds. The van der Waals surface area contributed by atoms with E-state index in [9.17, 15) is 4.79 Å². The van der Waals surface area contributed by atoms with Crippen LogP contribution in [0.15, 0.2) is 65.8 Å². The summed E-state index contributed by atoms with van der Waals surface area (Å²) in [7, 11) is 0. The van der Waals surface area contributed by atoms with Gasteiger partial charge in [0.2, 0.25) is 5.91 Å². The molecule has 3 rings (SSSR count). The molecule has 1 heterocycles. The third-order valence-electron chi connectivity index (χ3n) is 4.10. The molecule has 0 aliphatic heterocycles. The van der Waals surface area contributed by atoms with Gasteiger partial charge in [0.1, 0.15) is 5.82 Å². The van der Waals surface area contributed by atoms with Crippen molar-refractivity contribution < 1.29 is 4.79 Å². The zero-order valence-electron chi connectivity index (χ0n) is 15.0. The number of thioether (sulfide) groups is 1. The molecule has 0 saturated heterocycles. The van der Waals surface area contributed by atoms with Gasteiger partial charge in [0, 0.05) is 12.2 Å². The lowest BCUT2D eigenvalue weighted by molar-refractivity contribution is -0.116. The van der Waals surface area contributed by atoms with Gasteiger partial charge in [-0.15, -0.1) is 10.2 Å². The number of rotatable bonds is 7. The van der Waals surface area contributed by atoms with Gasteiger partial charge >= 0.3 is 0 Å². The minimum atomic E-state index is 0.0654. The fourth-order valence-corrected chi connectivity index (χ4v) is 3.59. The van der Waals surface area contributed by atoms with E-state index in [-0.39, 0.29) is 5.91 Å². The average Bonchev–Trinajstić information content (AvgIpc) is 3.02. The second-order valence-electron chi connectivity index (χ2n) is 5.86. The Balaban J connectivity index is 1.69. The van der Waals surface area contributed by atoms with Crippen molar-refractivity contribution in [2.75, 3.05) is 17.2 Å². The summed E-state index contributed by atoms with van der Waals surface area (Å²) in [6.07, 6.45) is 0. The van der Waals surface area contributed by atoms with Crippen LogP contribution in [0.2, 0.25) is 0 Å². The minimum Gasteiger partial charge on any atom is -0.312 e. The van der Waals surface area contributed by atoms with Crippen molar-refractivity contribution in [2.45, 2.75) is 25.5 Å². The summed E-state index contributed by atoms with van der Waals surface area (Å²) in [6.45, 7) is 5.26. The largest absolute Gasteiger partial charge is 0.312 e. The quantitative estimate of drug-likeness (QED) is 0.597. The second-order valence-corrected chi connectivity index (χ2v) is 6.81. The molecule has 0 radical (unpaired) electrons. The lowest BCUT2D eigenvalue weighted by Crippen LogP contribution is -2.32. The number of aryl methyl sites for hydroxylation is 1. The minimum absolute atomic E-state index is 0.0654. The highest BCUT2D eigenvalue weighted by Gasteiger charge is 2.17. The molecule has 0 bridgehead atoms. The zero-order valence-corrected chi connectivity index (χ0v) is 15.8. The Hall–Kier alpha value is -2.60. The van der Waals surface area contributed by atoms with Crippen molar-refractivity contribution in [1.29, 1.82) is 0 Å². The lowest BCUT2D eigenvalue weighted by atomic mass is 10.2. The highest BCUT2D eigenvalue weighted by atomic mass is 32.2. The predicted octanol–water partition coefficient (Wildman–Crippen LogP) is 3.78. The summed E-state index contributed by atoms with van der Waals surface area (Å²) >= 11 is 1.43. The molecule has 0 N–H and O–H groups in total. The van der Waals surface area contributed by atoms with Crippen molar-refractivity contribution in [1.82, 2.24) is 14.8 Å². The number of amides is 1. The first-order valence-corrected chi connectivity index (χ1v) is 9.59. The Morgan fingerprint density at radius 3 is 2.35 bits per heavy atom. The van der Waals surface area contributed by atoms with Gasteiger partial charge in [-0.3, -0.25) is 4.79 Å². The molecule has 0 aliphatic carbocycles. The Morgan fingerprint density at radius 1 is 1.04 bits per heavy atom. The number of nitrogens with zero attached hydrogens (tertiary/aromatic N) is 4. The smallest absolute Gasteiger partial charge is 0.237 e. The maximum atomic E-state index is 12.7. The number of para-hydroxylation sites is 1. The van der Waals surface area contributed by atoms with Crippen LogP contribution in [0.1, 0.15) is 18.3 Å². The maximum Gasteiger partial charge on any atom is 0.237 e. The summed E-state index contributed by atoms with van der Waals surface area (Å²) in [5.41, 5.74) is 2.10. The van der Waals surface area contributed by atoms with E-state index in [0.717, 1.165) is 16.7 Å². The Bertz CT molecular complexity index is 849. The van der Waals surface area contributed by atoms with Crippen molar-refractivity contribution in [2.24, 2.45) is 0 Å². The molecule has 0 spiro atoms. The van der Waals surface area contributed by atoms with Crippen LogP contribution in [0, 0.1) is 6.92 Å². The van der Waals surface area contributed by atoms with Crippen LogP contribution in [-0.4, -0.2) is 33.0 Å². The Labute approximate surface area is 158 Å². The molecule has 26 heavy (non-hydrogen) atoms. The van der Waals surface area contributed by atoms with Gasteiger partial charge in [-0.1, -0.05) is 60.3 Å². The molecule has 3 aromatic rings. The van der Waals surface area contributed by atoms with E-state index in [0.29, 0.717) is 18.8 Å². The molecular weight excluding hydrogens is 344 g/mol. The first-order chi connectivity index (χ1) is 12.7. The third kappa shape index (κ3) is 4.32. The van der Waals surface area contributed by atoms with Crippen LogP contribution < -0.4 is 4.90 Å². The first kappa shape index (κ1) is 18.2. The normalized spacial score (nSPS) is 10.7. The molecule has 1 aromatic heterocycles. The van der Waals surface area contributed by atoms with Crippen molar-refractivity contribution in [3.05, 3.63) is 72.1 Å². The molecule has 6 heteroatoms. The highest BCUT2D eigenvalue weighted by Crippen LogP contribution is 2.21. The molecule has 5 nitrogen and oxygen atoms in total. The van der Waals surface area contributed by atoms with Crippen LogP contribution in [0.25, 0.3) is 0 Å². The molecular formula is C20H22N4OS. The number of carbonyl (C=O) groups is 1. The zero-order chi connectivity index (χ0) is 18.4. The number of benzene rings is 2. The van der Waals surface area contributed by atoms with E-state index in [2.05, 4.69) is 22.3 Å². The number of anilines is 1. The summed E-state index contributed by atoms with van der Waals surface area (Å²) in [6, 6.07) is 19.9. The van der Waals surface area contributed by atoms with Gasteiger partial charge in [-0.05, 0) is 31.5 Å². The van der Waals surface area contributed by atoms with Gasteiger partial charge in [-0.2, -0.15) is 0 Å². The molecule has 0 atom stereocenters. The Kier molecular flexibility index (Phi) is 6.07.